The highest BCUT2D eigenvalue weighted by Gasteiger charge is 2.16. The summed E-state index contributed by atoms with van der Waals surface area (Å²) in [6, 6.07) is 5.95. The van der Waals surface area contributed by atoms with Gasteiger partial charge in [0, 0.05) is 12.2 Å². The molecule has 1 rings (SSSR count). The standard InChI is InChI=1S/C12H13NO5S/c1-2-19(17,18)10-6-4-3-5-9(10)13-11(14)7-8-12(15)16/h3-8H,2H2,1H3,(H,13,14)(H,15,16)/b8-7+. The van der Waals surface area contributed by atoms with Crippen LogP contribution in [0.25, 0.3) is 0 Å². The highest BCUT2D eigenvalue weighted by molar-refractivity contribution is 7.91. The van der Waals surface area contributed by atoms with Crippen LogP contribution in [0.3, 0.4) is 0 Å². The normalized spacial score (nSPS) is 11.4. The molecular weight excluding hydrogens is 270 g/mol. The van der Waals surface area contributed by atoms with Crippen molar-refractivity contribution in [2.75, 3.05) is 11.1 Å². The van der Waals surface area contributed by atoms with Crippen LogP contribution in [0.5, 0.6) is 0 Å². The molecule has 19 heavy (non-hydrogen) atoms. The van der Waals surface area contributed by atoms with Gasteiger partial charge < -0.3 is 10.4 Å². The topological polar surface area (TPSA) is 101 Å². The minimum Gasteiger partial charge on any atom is -0.478 e. The lowest BCUT2D eigenvalue weighted by atomic mass is 10.3. The number of amides is 1. The van der Waals surface area contributed by atoms with E-state index in [0.29, 0.717) is 6.08 Å². The highest BCUT2D eigenvalue weighted by Crippen LogP contribution is 2.21. The maximum Gasteiger partial charge on any atom is 0.328 e. The highest BCUT2D eigenvalue weighted by atomic mass is 32.2. The smallest absolute Gasteiger partial charge is 0.328 e. The quantitative estimate of drug-likeness (QED) is 0.787. The number of carboxylic acid groups (broad SMARTS) is 1. The van der Waals surface area contributed by atoms with Crippen molar-refractivity contribution >= 4 is 27.4 Å². The minimum absolute atomic E-state index is 0.00887. The van der Waals surface area contributed by atoms with E-state index in [2.05, 4.69) is 5.32 Å². The number of carbonyl (C=O) groups is 2. The molecule has 0 heterocycles. The van der Waals surface area contributed by atoms with Gasteiger partial charge in [-0.05, 0) is 12.1 Å². The summed E-state index contributed by atoms with van der Waals surface area (Å²) in [5, 5.41) is 10.7. The molecule has 0 atom stereocenters. The zero-order valence-corrected chi connectivity index (χ0v) is 11.0. The maximum atomic E-state index is 11.8. The third-order valence-corrected chi connectivity index (χ3v) is 4.02. The van der Waals surface area contributed by atoms with Crippen LogP contribution >= 0.6 is 0 Å². The van der Waals surface area contributed by atoms with Crippen LogP contribution in [0.15, 0.2) is 41.3 Å². The first-order valence-electron chi connectivity index (χ1n) is 5.40. The molecule has 0 saturated carbocycles. The van der Waals surface area contributed by atoms with Crippen LogP contribution < -0.4 is 5.32 Å². The van der Waals surface area contributed by atoms with E-state index in [1.807, 2.05) is 0 Å². The summed E-state index contributed by atoms with van der Waals surface area (Å²) < 4.78 is 23.6. The average Bonchev–Trinajstić information content (AvgIpc) is 2.37. The summed E-state index contributed by atoms with van der Waals surface area (Å²) in [5.41, 5.74) is 0.129. The molecule has 1 aromatic rings. The lowest BCUT2D eigenvalue weighted by Crippen LogP contribution is -2.13. The van der Waals surface area contributed by atoms with Crippen LogP contribution in [0.1, 0.15) is 6.92 Å². The van der Waals surface area contributed by atoms with E-state index in [4.69, 9.17) is 5.11 Å². The van der Waals surface area contributed by atoms with Crippen molar-refractivity contribution in [3.8, 4) is 0 Å². The predicted molar refractivity (Wildman–Crippen MR) is 69.6 cm³/mol. The van der Waals surface area contributed by atoms with E-state index >= 15 is 0 Å². The molecule has 0 aromatic heterocycles. The largest absolute Gasteiger partial charge is 0.478 e. The van der Waals surface area contributed by atoms with Crippen molar-refractivity contribution in [3.63, 3.8) is 0 Å². The van der Waals surface area contributed by atoms with Crippen LogP contribution in [-0.4, -0.2) is 31.2 Å². The van der Waals surface area contributed by atoms with Gasteiger partial charge in [0.15, 0.2) is 9.84 Å². The Morgan fingerprint density at radius 2 is 1.89 bits per heavy atom. The van der Waals surface area contributed by atoms with Crippen LogP contribution in [-0.2, 0) is 19.4 Å². The van der Waals surface area contributed by atoms with E-state index in [1.54, 1.807) is 12.1 Å². The Kier molecular flexibility index (Phi) is 4.82. The van der Waals surface area contributed by atoms with Crippen LogP contribution in [0, 0.1) is 0 Å². The Labute approximate surface area is 110 Å². The molecule has 0 saturated heterocycles. The fourth-order valence-corrected chi connectivity index (χ4v) is 2.37. The Balaban J connectivity index is 3.03. The van der Waals surface area contributed by atoms with E-state index in [9.17, 15) is 18.0 Å². The van der Waals surface area contributed by atoms with E-state index < -0.39 is 21.7 Å². The number of nitrogens with one attached hydrogen (secondary N) is 1. The minimum atomic E-state index is -3.46. The number of carboxylic acids is 1. The fourth-order valence-electron chi connectivity index (χ4n) is 1.32. The summed E-state index contributed by atoms with van der Waals surface area (Å²) >= 11 is 0. The molecule has 0 bridgehead atoms. The Morgan fingerprint density at radius 1 is 1.26 bits per heavy atom. The molecule has 0 aliphatic rings. The number of carbonyl (C=O) groups excluding carboxylic acids is 1. The maximum absolute atomic E-state index is 11.8. The zero-order chi connectivity index (χ0) is 14.5. The number of para-hydroxylation sites is 1. The van der Waals surface area contributed by atoms with Crippen molar-refractivity contribution in [2.45, 2.75) is 11.8 Å². The number of hydrogen-bond donors (Lipinski definition) is 2. The third kappa shape index (κ3) is 4.22. The van der Waals surface area contributed by atoms with Gasteiger partial charge in [-0.15, -0.1) is 0 Å². The van der Waals surface area contributed by atoms with Gasteiger partial charge in [-0.2, -0.15) is 0 Å². The first kappa shape index (κ1) is 14.9. The van der Waals surface area contributed by atoms with Crippen molar-refractivity contribution in [2.24, 2.45) is 0 Å². The number of aliphatic carboxylic acids is 1. The summed E-state index contributed by atoms with van der Waals surface area (Å²) in [4.78, 5) is 21.7. The lowest BCUT2D eigenvalue weighted by Gasteiger charge is -2.09. The fraction of sp³-hybridized carbons (Fsp3) is 0.167. The molecule has 0 radical (unpaired) electrons. The molecule has 7 heteroatoms. The van der Waals surface area contributed by atoms with Gasteiger partial charge in [0.1, 0.15) is 0 Å². The van der Waals surface area contributed by atoms with E-state index in [0.717, 1.165) is 6.08 Å². The first-order valence-corrected chi connectivity index (χ1v) is 7.06. The number of benzene rings is 1. The Hall–Kier alpha value is -2.15. The molecule has 102 valence electrons. The van der Waals surface area contributed by atoms with Crippen LogP contribution in [0.2, 0.25) is 0 Å². The van der Waals surface area contributed by atoms with Gasteiger partial charge in [-0.1, -0.05) is 19.1 Å². The second-order valence-electron chi connectivity index (χ2n) is 3.56. The third-order valence-electron chi connectivity index (χ3n) is 2.24. The zero-order valence-electron chi connectivity index (χ0n) is 10.2. The lowest BCUT2D eigenvalue weighted by molar-refractivity contribution is -0.131. The van der Waals surface area contributed by atoms with Gasteiger partial charge in [-0.25, -0.2) is 13.2 Å². The second-order valence-corrected chi connectivity index (χ2v) is 5.81. The van der Waals surface area contributed by atoms with Gasteiger partial charge in [0.2, 0.25) is 5.91 Å². The molecule has 1 aromatic carbocycles. The Morgan fingerprint density at radius 3 is 2.47 bits per heavy atom. The number of rotatable bonds is 5. The van der Waals surface area contributed by atoms with Crippen molar-refractivity contribution in [3.05, 3.63) is 36.4 Å². The second kappa shape index (κ2) is 6.14. The molecular formula is C12H13NO5S. The van der Waals surface area contributed by atoms with Gasteiger partial charge in [-0.3, -0.25) is 4.79 Å². The molecule has 0 unspecified atom stereocenters. The van der Waals surface area contributed by atoms with Crippen molar-refractivity contribution < 1.29 is 23.1 Å². The first-order chi connectivity index (χ1) is 8.86. The Bertz CT molecular complexity index is 619. The summed E-state index contributed by atoms with van der Waals surface area (Å²) in [5.74, 6) is -2.06. The molecule has 0 fully saturated rings. The molecule has 2 N–H and O–H groups in total. The van der Waals surface area contributed by atoms with Crippen molar-refractivity contribution in [1.29, 1.82) is 0 Å². The summed E-state index contributed by atoms with van der Waals surface area (Å²) in [6.07, 6.45) is 1.49. The van der Waals surface area contributed by atoms with E-state index in [1.165, 1.54) is 19.1 Å². The van der Waals surface area contributed by atoms with Gasteiger partial charge in [0.25, 0.3) is 0 Å². The monoisotopic (exact) mass is 283 g/mol. The predicted octanol–water partition coefficient (Wildman–Crippen LogP) is 1.06. The number of anilines is 1. The average molecular weight is 283 g/mol. The van der Waals surface area contributed by atoms with E-state index in [-0.39, 0.29) is 16.3 Å². The molecule has 1 amide bonds. The van der Waals surface area contributed by atoms with Gasteiger partial charge in [0.05, 0.1) is 16.3 Å². The summed E-state index contributed by atoms with van der Waals surface area (Å²) in [7, 11) is -3.46. The summed E-state index contributed by atoms with van der Waals surface area (Å²) in [6.45, 7) is 1.50. The number of hydrogen-bond acceptors (Lipinski definition) is 4. The molecule has 0 spiro atoms. The molecule has 0 aliphatic carbocycles. The number of sulfone groups is 1. The van der Waals surface area contributed by atoms with Gasteiger partial charge >= 0.3 is 5.97 Å². The van der Waals surface area contributed by atoms with Crippen molar-refractivity contribution in [1.82, 2.24) is 0 Å². The molecule has 6 nitrogen and oxygen atoms in total. The molecule has 0 aliphatic heterocycles. The SMILES string of the molecule is CCS(=O)(=O)c1ccccc1NC(=O)/C=C/C(=O)O. The van der Waals surface area contributed by atoms with Crippen LogP contribution in [0.4, 0.5) is 5.69 Å².